The van der Waals surface area contributed by atoms with E-state index in [1.54, 1.807) is 13.8 Å². The van der Waals surface area contributed by atoms with Gasteiger partial charge >= 0.3 is 6.18 Å². The van der Waals surface area contributed by atoms with Crippen LogP contribution in [0.5, 0.6) is 0 Å². The lowest BCUT2D eigenvalue weighted by Gasteiger charge is -2.31. The highest BCUT2D eigenvalue weighted by molar-refractivity contribution is 5.24. The molecule has 0 saturated heterocycles. The van der Waals surface area contributed by atoms with Gasteiger partial charge in [0.1, 0.15) is 0 Å². The lowest BCUT2D eigenvalue weighted by Crippen LogP contribution is -2.34. The molecule has 0 spiro atoms. The van der Waals surface area contributed by atoms with Gasteiger partial charge in [-0.05, 0) is 12.0 Å². The van der Waals surface area contributed by atoms with E-state index in [-0.39, 0.29) is 6.42 Å². The number of hydrogen-bond acceptors (Lipinski definition) is 1. The molecule has 0 radical (unpaired) electrons. The van der Waals surface area contributed by atoms with Crippen molar-refractivity contribution in [1.29, 1.82) is 0 Å². The molecule has 17 heavy (non-hydrogen) atoms. The molecule has 0 heterocycles. The van der Waals surface area contributed by atoms with Gasteiger partial charge in [0.05, 0.1) is 6.10 Å². The summed E-state index contributed by atoms with van der Waals surface area (Å²) in [5, 5.41) is 9.89. The first-order chi connectivity index (χ1) is 7.73. The molecule has 0 aromatic heterocycles. The van der Waals surface area contributed by atoms with Gasteiger partial charge in [0.2, 0.25) is 0 Å². The van der Waals surface area contributed by atoms with Crippen LogP contribution in [-0.4, -0.2) is 17.4 Å². The van der Waals surface area contributed by atoms with E-state index in [0.29, 0.717) is 0 Å². The van der Waals surface area contributed by atoms with E-state index < -0.39 is 24.1 Å². The van der Waals surface area contributed by atoms with Gasteiger partial charge in [-0.3, -0.25) is 0 Å². The summed E-state index contributed by atoms with van der Waals surface area (Å²) in [4.78, 5) is 0. The van der Waals surface area contributed by atoms with Crippen LogP contribution >= 0.6 is 0 Å². The number of aliphatic hydroxyl groups excluding tert-OH is 1. The van der Waals surface area contributed by atoms with Crippen molar-refractivity contribution < 1.29 is 18.3 Å². The number of hydrogen-bond donors (Lipinski definition) is 1. The molecule has 1 rings (SSSR count). The molecule has 0 amide bonds. The third-order valence-electron chi connectivity index (χ3n) is 3.05. The second-order valence-corrected chi connectivity index (χ2v) is 4.76. The van der Waals surface area contributed by atoms with Gasteiger partial charge in [0, 0.05) is 11.8 Å². The van der Waals surface area contributed by atoms with Crippen LogP contribution in [0.15, 0.2) is 30.3 Å². The second-order valence-electron chi connectivity index (χ2n) is 4.76. The Balaban J connectivity index is 2.71. The molecule has 1 aromatic rings. The highest BCUT2D eigenvalue weighted by Gasteiger charge is 2.34. The summed E-state index contributed by atoms with van der Waals surface area (Å²) < 4.78 is 36.3. The normalized spacial score (nSPS) is 14.7. The summed E-state index contributed by atoms with van der Waals surface area (Å²) >= 11 is 0. The Labute approximate surface area is 99.3 Å². The summed E-state index contributed by atoms with van der Waals surface area (Å²) in [6.45, 7) is 3.51. The van der Waals surface area contributed by atoms with Crippen molar-refractivity contribution in [2.45, 2.75) is 44.4 Å². The van der Waals surface area contributed by atoms with Crippen LogP contribution in [0.2, 0.25) is 0 Å². The predicted molar refractivity (Wildman–Crippen MR) is 60.8 cm³/mol. The maximum atomic E-state index is 12.1. The van der Waals surface area contributed by atoms with Gasteiger partial charge in [0.25, 0.3) is 0 Å². The zero-order valence-electron chi connectivity index (χ0n) is 9.96. The van der Waals surface area contributed by atoms with E-state index in [4.69, 9.17) is 0 Å². The van der Waals surface area contributed by atoms with Gasteiger partial charge < -0.3 is 5.11 Å². The van der Waals surface area contributed by atoms with Crippen molar-refractivity contribution in [3.63, 3.8) is 0 Å². The van der Waals surface area contributed by atoms with Crippen LogP contribution in [0.4, 0.5) is 13.2 Å². The number of halogens is 3. The number of rotatable bonds is 4. The summed E-state index contributed by atoms with van der Waals surface area (Å²) in [6, 6.07) is 9.09. The minimum Gasteiger partial charge on any atom is -0.392 e. The van der Waals surface area contributed by atoms with Crippen molar-refractivity contribution in [3.8, 4) is 0 Å². The zero-order valence-corrected chi connectivity index (χ0v) is 9.96. The molecule has 0 saturated carbocycles. The number of benzene rings is 1. The van der Waals surface area contributed by atoms with Crippen molar-refractivity contribution in [3.05, 3.63) is 35.9 Å². The van der Waals surface area contributed by atoms with Crippen LogP contribution in [-0.2, 0) is 5.41 Å². The Morgan fingerprint density at radius 1 is 1.12 bits per heavy atom. The van der Waals surface area contributed by atoms with Crippen LogP contribution in [0, 0.1) is 0 Å². The molecule has 0 bridgehead atoms. The van der Waals surface area contributed by atoms with Gasteiger partial charge in [-0.25, -0.2) is 0 Å². The van der Waals surface area contributed by atoms with Crippen LogP contribution in [0.25, 0.3) is 0 Å². The largest absolute Gasteiger partial charge is 0.392 e. The quantitative estimate of drug-likeness (QED) is 0.859. The van der Waals surface area contributed by atoms with Crippen LogP contribution < -0.4 is 0 Å². The number of aliphatic hydroxyl groups is 1. The molecule has 0 fully saturated rings. The standard InChI is InChI=1S/C13H17F3O/c1-12(2,10-6-4-3-5-7-10)11(17)8-9-13(14,15)16/h3-7,11,17H,8-9H2,1-2H3. The van der Waals surface area contributed by atoms with E-state index in [2.05, 4.69) is 0 Å². The fourth-order valence-electron chi connectivity index (χ4n) is 1.72. The number of alkyl halides is 3. The third kappa shape index (κ3) is 4.04. The van der Waals surface area contributed by atoms with Crippen molar-refractivity contribution in [2.24, 2.45) is 0 Å². The Morgan fingerprint density at radius 2 is 1.65 bits per heavy atom. The average Bonchev–Trinajstić information content (AvgIpc) is 2.26. The third-order valence-corrected chi connectivity index (χ3v) is 3.05. The zero-order chi connectivity index (χ0) is 13.1. The van der Waals surface area contributed by atoms with Gasteiger partial charge in [-0.1, -0.05) is 44.2 Å². The molecule has 1 N–H and O–H groups in total. The molecular weight excluding hydrogens is 229 g/mol. The van der Waals surface area contributed by atoms with Gasteiger partial charge in [-0.15, -0.1) is 0 Å². The first-order valence-electron chi connectivity index (χ1n) is 5.54. The molecule has 96 valence electrons. The van der Waals surface area contributed by atoms with Crippen molar-refractivity contribution in [2.75, 3.05) is 0 Å². The molecule has 1 unspecified atom stereocenters. The van der Waals surface area contributed by atoms with Crippen molar-refractivity contribution in [1.82, 2.24) is 0 Å². The summed E-state index contributed by atoms with van der Waals surface area (Å²) in [5.41, 5.74) is 0.168. The fourth-order valence-corrected chi connectivity index (χ4v) is 1.72. The van der Waals surface area contributed by atoms with E-state index in [0.717, 1.165) is 5.56 Å². The minimum absolute atomic E-state index is 0.272. The molecule has 1 nitrogen and oxygen atoms in total. The average molecular weight is 246 g/mol. The predicted octanol–water partition coefficient (Wildman–Crippen LogP) is 3.67. The van der Waals surface area contributed by atoms with Gasteiger partial charge in [-0.2, -0.15) is 13.2 Å². The first kappa shape index (κ1) is 14.0. The lowest BCUT2D eigenvalue weighted by molar-refractivity contribution is -0.141. The molecule has 0 aliphatic carbocycles. The molecule has 4 heteroatoms. The van der Waals surface area contributed by atoms with E-state index in [1.807, 2.05) is 30.3 Å². The molecule has 1 atom stereocenters. The minimum atomic E-state index is -4.21. The topological polar surface area (TPSA) is 20.2 Å². The summed E-state index contributed by atoms with van der Waals surface area (Å²) in [5.74, 6) is 0. The monoisotopic (exact) mass is 246 g/mol. The highest BCUT2D eigenvalue weighted by atomic mass is 19.4. The molecule has 0 aliphatic rings. The Morgan fingerprint density at radius 3 is 2.12 bits per heavy atom. The van der Waals surface area contributed by atoms with Crippen LogP contribution in [0.3, 0.4) is 0 Å². The van der Waals surface area contributed by atoms with E-state index >= 15 is 0 Å². The van der Waals surface area contributed by atoms with E-state index in [1.165, 1.54) is 0 Å². The lowest BCUT2D eigenvalue weighted by atomic mass is 9.78. The fraction of sp³-hybridized carbons (Fsp3) is 0.538. The second kappa shape index (κ2) is 5.08. The molecular formula is C13H17F3O. The SMILES string of the molecule is CC(C)(c1ccccc1)C(O)CCC(F)(F)F. The van der Waals surface area contributed by atoms with Crippen molar-refractivity contribution >= 4 is 0 Å². The van der Waals surface area contributed by atoms with Gasteiger partial charge in [0.15, 0.2) is 0 Å². The van der Waals surface area contributed by atoms with Crippen LogP contribution in [0.1, 0.15) is 32.3 Å². The maximum absolute atomic E-state index is 12.1. The first-order valence-corrected chi connectivity index (χ1v) is 5.54. The van der Waals surface area contributed by atoms with E-state index in [9.17, 15) is 18.3 Å². The maximum Gasteiger partial charge on any atom is 0.389 e. The highest BCUT2D eigenvalue weighted by Crippen LogP contribution is 2.32. The molecule has 1 aromatic carbocycles. The Kier molecular flexibility index (Phi) is 4.20. The molecule has 0 aliphatic heterocycles. The summed E-state index contributed by atoms with van der Waals surface area (Å²) in [6.07, 6.45) is -6.45. The summed E-state index contributed by atoms with van der Waals surface area (Å²) in [7, 11) is 0. The Bertz CT molecular complexity index is 343. The Hall–Kier alpha value is -1.03. The smallest absolute Gasteiger partial charge is 0.389 e.